The summed E-state index contributed by atoms with van der Waals surface area (Å²) in [5, 5.41) is 1.07. The summed E-state index contributed by atoms with van der Waals surface area (Å²) in [5.41, 5.74) is 3.83. The third kappa shape index (κ3) is 4.91. The highest BCUT2D eigenvalue weighted by Gasteiger charge is 2.33. The van der Waals surface area contributed by atoms with E-state index in [4.69, 9.17) is 18.9 Å². The second-order valence-corrected chi connectivity index (χ2v) is 10.4. The molecule has 4 rings (SSSR count). The van der Waals surface area contributed by atoms with Crippen LogP contribution in [0.5, 0.6) is 11.5 Å². The predicted octanol–water partition coefficient (Wildman–Crippen LogP) is 6.20. The number of halogens is 2. The lowest BCUT2D eigenvalue weighted by molar-refractivity contribution is -0.180. The second-order valence-electron chi connectivity index (χ2n) is 9.13. The molecule has 0 spiro atoms. The van der Waals surface area contributed by atoms with E-state index >= 15 is 0 Å². The largest absolute Gasteiger partial charge is 0.463 e. The van der Waals surface area contributed by atoms with Crippen LogP contribution in [0.2, 0.25) is 0 Å². The van der Waals surface area contributed by atoms with Gasteiger partial charge in [-0.3, -0.25) is 4.79 Å². The highest BCUT2D eigenvalue weighted by Crippen LogP contribution is 2.38. The van der Waals surface area contributed by atoms with E-state index in [1.54, 1.807) is 0 Å². The topological polar surface area (TPSA) is 54.0 Å². The van der Waals surface area contributed by atoms with Crippen LogP contribution in [0, 0.1) is 0 Å². The van der Waals surface area contributed by atoms with Gasteiger partial charge in [0.1, 0.15) is 17.3 Å². The molecule has 0 amide bonds. The average molecular weight is 568 g/mol. The Morgan fingerprint density at radius 3 is 1.59 bits per heavy atom. The minimum Gasteiger partial charge on any atom is -0.463 e. The van der Waals surface area contributed by atoms with Crippen molar-refractivity contribution in [2.75, 3.05) is 10.7 Å². The van der Waals surface area contributed by atoms with Crippen LogP contribution in [-0.2, 0) is 27.5 Å². The van der Waals surface area contributed by atoms with Crippen molar-refractivity contribution in [3.05, 3.63) is 58.7 Å². The molecule has 2 heterocycles. The fourth-order valence-electron chi connectivity index (χ4n) is 4.05. The molecule has 2 aromatic rings. The monoisotopic (exact) mass is 566 g/mol. The van der Waals surface area contributed by atoms with E-state index in [1.165, 1.54) is 0 Å². The lowest BCUT2D eigenvalue weighted by Crippen LogP contribution is -2.35. The first-order valence-electron chi connectivity index (χ1n) is 10.7. The van der Waals surface area contributed by atoms with Gasteiger partial charge in [-0.05, 0) is 35.4 Å². The van der Waals surface area contributed by atoms with Crippen molar-refractivity contribution in [2.24, 2.45) is 0 Å². The number of hydrogen-bond acceptors (Lipinski definition) is 5. The maximum absolute atomic E-state index is 13.7. The molecule has 0 fully saturated rings. The molecular weight excluding hydrogens is 540 g/mol. The van der Waals surface area contributed by atoms with E-state index in [2.05, 4.69) is 31.9 Å². The lowest BCUT2D eigenvalue weighted by Gasteiger charge is -2.33. The molecule has 2 aliphatic heterocycles. The first kappa shape index (κ1) is 23.7. The third-order valence-electron chi connectivity index (χ3n) is 5.83. The smallest absolute Gasteiger partial charge is 0.205 e. The van der Waals surface area contributed by atoms with Crippen LogP contribution in [-0.4, -0.2) is 28.0 Å². The van der Waals surface area contributed by atoms with Crippen LogP contribution in [0.25, 0.3) is 0 Å². The van der Waals surface area contributed by atoms with Crippen LogP contribution in [0.1, 0.15) is 61.8 Å². The van der Waals surface area contributed by atoms with Gasteiger partial charge < -0.3 is 18.9 Å². The van der Waals surface area contributed by atoms with E-state index in [0.717, 1.165) is 33.8 Å². The zero-order valence-electron chi connectivity index (χ0n) is 18.7. The predicted molar refractivity (Wildman–Crippen MR) is 130 cm³/mol. The molecule has 2 aromatic carbocycles. The first-order chi connectivity index (χ1) is 15.1. The highest BCUT2D eigenvalue weighted by atomic mass is 79.9. The van der Waals surface area contributed by atoms with Crippen molar-refractivity contribution in [3.63, 3.8) is 0 Å². The maximum atomic E-state index is 13.7. The van der Waals surface area contributed by atoms with Gasteiger partial charge in [0.05, 0.1) is 25.0 Å². The highest BCUT2D eigenvalue weighted by molar-refractivity contribution is 9.09. The molecule has 2 atom stereocenters. The number of carbonyl (C=O) groups is 1. The van der Waals surface area contributed by atoms with Gasteiger partial charge in [0.15, 0.2) is 0 Å². The number of Topliss-reactive ketones (excluding diaryl/α,β-unsaturated/α-hetero) is 1. The number of rotatable bonds is 6. The van der Waals surface area contributed by atoms with Crippen molar-refractivity contribution in [3.8, 4) is 11.5 Å². The Morgan fingerprint density at radius 1 is 0.812 bits per heavy atom. The van der Waals surface area contributed by atoms with Gasteiger partial charge in [-0.1, -0.05) is 44.0 Å². The van der Waals surface area contributed by atoms with Crippen molar-refractivity contribution >= 4 is 37.6 Å². The Hall–Kier alpha value is -1.41. The molecule has 0 aliphatic carbocycles. The molecule has 2 unspecified atom stereocenters. The molecular formula is C25H28Br2O5. The van der Waals surface area contributed by atoms with Gasteiger partial charge in [-0.15, -0.1) is 0 Å². The molecule has 0 saturated carbocycles. The van der Waals surface area contributed by atoms with Crippen molar-refractivity contribution < 1.29 is 23.7 Å². The summed E-state index contributed by atoms with van der Waals surface area (Å²) in [4.78, 5) is 13.7. The van der Waals surface area contributed by atoms with Gasteiger partial charge in [0.25, 0.3) is 0 Å². The Bertz CT molecular complexity index is 938. The van der Waals surface area contributed by atoms with Crippen LogP contribution >= 0.6 is 31.9 Å². The molecule has 0 saturated heterocycles. The molecule has 0 radical (unpaired) electrons. The SMILES string of the molecule is CC1(C)OCc2cc(C(CBr)C(=O)C(CBr)c3ccc4c(c3)COC(C)(C)O4)ccc2O1. The number of ketones is 1. The maximum Gasteiger partial charge on any atom is 0.205 e. The zero-order chi connectivity index (χ0) is 23.1. The van der Waals surface area contributed by atoms with E-state index in [0.29, 0.717) is 23.9 Å². The quantitative estimate of drug-likeness (QED) is 0.389. The number of carbonyl (C=O) groups excluding carboxylic acids is 1. The standard InChI is InChI=1S/C25H28Br2O5/c1-24(2)29-13-17-9-15(5-7-21(17)31-24)19(11-26)23(28)20(12-27)16-6-8-22-18(10-16)14-30-25(3,4)32-22/h5-10,19-20H,11-14H2,1-4H3. The molecule has 5 nitrogen and oxygen atoms in total. The van der Waals surface area contributed by atoms with Gasteiger partial charge in [-0.25, -0.2) is 0 Å². The molecule has 32 heavy (non-hydrogen) atoms. The molecule has 0 aromatic heterocycles. The number of hydrogen-bond donors (Lipinski definition) is 0. The number of fused-ring (bicyclic) bond motifs is 2. The van der Waals surface area contributed by atoms with Gasteiger partial charge >= 0.3 is 0 Å². The normalized spacial score (nSPS) is 20.2. The molecule has 172 valence electrons. The Balaban J connectivity index is 1.59. The second kappa shape index (κ2) is 9.09. The minimum absolute atomic E-state index is 0.148. The molecule has 0 N–H and O–H groups in total. The van der Waals surface area contributed by atoms with Crippen LogP contribution in [0.3, 0.4) is 0 Å². The van der Waals surface area contributed by atoms with E-state index in [9.17, 15) is 4.79 Å². The summed E-state index contributed by atoms with van der Waals surface area (Å²) in [6.07, 6.45) is 0. The van der Waals surface area contributed by atoms with E-state index in [-0.39, 0.29) is 17.6 Å². The Morgan fingerprint density at radius 2 is 1.22 bits per heavy atom. The summed E-state index contributed by atoms with van der Waals surface area (Å²) < 4.78 is 23.4. The third-order valence-corrected chi connectivity index (χ3v) is 7.13. The minimum atomic E-state index is -0.644. The summed E-state index contributed by atoms with van der Waals surface area (Å²) >= 11 is 7.14. The van der Waals surface area contributed by atoms with Crippen molar-refractivity contribution in [1.29, 1.82) is 0 Å². The zero-order valence-corrected chi connectivity index (χ0v) is 21.9. The number of benzene rings is 2. The molecule has 7 heteroatoms. The van der Waals surface area contributed by atoms with Crippen LogP contribution in [0.4, 0.5) is 0 Å². The lowest BCUT2D eigenvalue weighted by atomic mass is 9.84. The Kier molecular flexibility index (Phi) is 6.74. The summed E-state index contributed by atoms with van der Waals surface area (Å²) in [7, 11) is 0. The van der Waals surface area contributed by atoms with Crippen LogP contribution < -0.4 is 9.47 Å². The van der Waals surface area contributed by atoms with Gasteiger partial charge in [0, 0.05) is 49.5 Å². The molecule has 2 aliphatic rings. The number of ether oxygens (including phenoxy) is 4. The van der Waals surface area contributed by atoms with E-state index < -0.39 is 11.6 Å². The van der Waals surface area contributed by atoms with Crippen molar-refractivity contribution in [2.45, 2.75) is 64.3 Å². The van der Waals surface area contributed by atoms with Gasteiger partial charge in [0.2, 0.25) is 11.6 Å². The summed E-state index contributed by atoms with van der Waals surface area (Å²) in [5.74, 6) is -0.110. The van der Waals surface area contributed by atoms with E-state index in [1.807, 2.05) is 64.1 Å². The number of alkyl halides is 2. The van der Waals surface area contributed by atoms with Crippen molar-refractivity contribution in [1.82, 2.24) is 0 Å². The fourth-order valence-corrected chi connectivity index (χ4v) is 5.44. The van der Waals surface area contributed by atoms with Gasteiger partial charge in [-0.2, -0.15) is 0 Å². The summed E-state index contributed by atoms with van der Waals surface area (Å²) in [6, 6.07) is 11.9. The Labute approximate surface area is 206 Å². The van der Waals surface area contributed by atoms with Crippen LogP contribution in [0.15, 0.2) is 36.4 Å². The molecule has 0 bridgehead atoms. The fraction of sp³-hybridized carbons (Fsp3) is 0.480. The first-order valence-corrected chi connectivity index (χ1v) is 12.9. The summed E-state index contributed by atoms with van der Waals surface area (Å²) in [6.45, 7) is 8.50. The average Bonchev–Trinajstić information content (AvgIpc) is 2.74.